The van der Waals surface area contributed by atoms with Gasteiger partial charge in [-0.15, -0.1) is 22.9 Å². The fraction of sp³-hybridized carbons (Fsp3) is 0.176. The summed E-state index contributed by atoms with van der Waals surface area (Å²) in [6, 6.07) is 14.7. The van der Waals surface area contributed by atoms with Crippen LogP contribution in [0.15, 0.2) is 52.3 Å². The number of aryl methyl sites for hydroxylation is 1. The van der Waals surface area contributed by atoms with E-state index in [4.69, 9.17) is 11.6 Å². The van der Waals surface area contributed by atoms with Crippen LogP contribution in [0.5, 0.6) is 0 Å². The summed E-state index contributed by atoms with van der Waals surface area (Å²) in [5, 5.41) is 3.46. The van der Waals surface area contributed by atoms with Crippen molar-refractivity contribution in [3.63, 3.8) is 0 Å². The maximum atomic E-state index is 6.68. The van der Waals surface area contributed by atoms with Crippen molar-refractivity contribution >= 4 is 49.0 Å². The van der Waals surface area contributed by atoms with E-state index >= 15 is 0 Å². The molecule has 3 aromatic rings. The van der Waals surface area contributed by atoms with E-state index in [1.807, 2.05) is 0 Å². The molecule has 2 aromatic carbocycles. The molecule has 1 heterocycles. The number of rotatable bonds is 3. The summed E-state index contributed by atoms with van der Waals surface area (Å²) in [4.78, 5) is 0. The van der Waals surface area contributed by atoms with Crippen molar-refractivity contribution in [1.29, 1.82) is 0 Å². The number of benzene rings is 2. The van der Waals surface area contributed by atoms with Crippen molar-refractivity contribution in [3.8, 4) is 0 Å². The minimum Gasteiger partial charge on any atom is -0.142 e. The smallest absolute Gasteiger partial charge is 0.0639 e. The Hall–Kier alpha value is -0.830. The molecule has 0 aliphatic carbocycles. The van der Waals surface area contributed by atoms with E-state index in [2.05, 4.69) is 70.7 Å². The first-order valence-corrected chi connectivity index (χ1v) is 8.62. The Morgan fingerprint density at radius 3 is 2.75 bits per heavy atom. The molecule has 0 radical (unpaired) electrons. The van der Waals surface area contributed by atoms with E-state index in [1.54, 1.807) is 11.3 Å². The molecule has 1 unspecified atom stereocenters. The van der Waals surface area contributed by atoms with Gasteiger partial charge in [0.1, 0.15) is 0 Å². The van der Waals surface area contributed by atoms with Gasteiger partial charge in [-0.3, -0.25) is 0 Å². The van der Waals surface area contributed by atoms with Crippen molar-refractivity contribution in [2.45, 2.75) is 18.7 Å². The molecule has 0 aliphatic rings. The maximum absolute atomic E-state index is 6.68. The van der Waals surface area contributed by atoms with Crippen LogP contribution in [0, 0.1) is 6.92 Å². The Balaban J connectivity index is 1.95. The standard InChI is InChI=1S/C17H14BrClS/c1-11-5-2-3-6-12(11)9-16(19)14-10-20-17-13(14)7-4-8-15(17)18/h2-8,10,16H,9H2,1H3. The molecule has 0 saturated heterocycles. The highest BCUT2D eigenvalue weighted by Gasteiger charge is 2.15. The van der Waals surface area contributed by atoms with Gasteiger partial charge in [0, 0.05) is 9.17 Å². The summed E-state index contributed by atoms with van der Waals surface area (Å²) in [6.07, 6.45) is 0.868. The van der Waals surface area contributed by atoms with Crippen LogP contribution in [0.3, 0.4) is 0 Å². The predicted octanol–water partition coefficient (Wildman–Crippen LogP) is 6.49. The van der Waals surface area contributed by atoms with E-state index < -0.39 is 0 Å². The molecule has 0 spiro atoms. The molecule has 20 heavy (non-hydrogen) atoms. The summed E-state index contributed by atoms with van der Waals surface area (Å²) < 4.78 is 2.42. The third-order valence-electron chi connectivity index (χ3n) is 3.58. The minimum atomic E-state index is 0.0131. The van der Waals surface area contributed by atoms with Gasteiger partial charge in [-0.25, -0.2) is 0 Å². The van der Waals surface area contributed by atoms with Crippen LogP contribution in [0.1, 0.15) is 22.1 Å². The molecule has 3 heteroatoms. The molecular formula is C17H14BrClS. The molecule has 0 amide bonds. The van der Waals surface area contributed by atoms with Crippen LogP contribution in [0.4, 0.5) is 0 Å². The van der Waals surface area contributed by atoms with Gasteiger partial charge in [0.15, 0.2) is 0 Å². The molecule has 0 nitrogen and oxygen atoms in total. The maximum Gasteiger partial charge on any atom is 0.0639 e. The minimum absolute atomic E-state index is 0.0131. The lowest BCUT2D eigenvalue weighted by Crippen LogP contribution is -1.97. The van der Waals surface area contributed by atoms with Gasteiger partial charge in [-0.2, -0.15) is 0 Å². The van der Waals surface area contributed by atoms with Crippen molar-refractivity contribution in [2.75, 3.05) is 0 Å². The Bertz CT molecular complexity index is 748. The zero-order valence-electron chi connectivity index (χ0n) is 11.1. The number of hydrogen-bond donors (Lipinski definition) is 0. The average molecular weight is 366 g/mol. The zero-order valence-corrected chi connectivity index (χ0v) is 14.2. The lowest BCUT2D eigenvalue weighted by molar-refractivity contribution is 0.922. The first kappa shape index (κ1) is 14.1. The van der Waals surface area contributed by atoms with Crippen molar-refractivity contribution < 1.29 is 0 Å². The topological polar surface area (TPSA) is 0 Å². The Kier molecular flexibility index (Phi) is 4.16. The van der Waals surface area contributed by atoms with Crippen LogP contribution in [-0.2, 0) is 6.42 Å². The fourth-order valence-electron chi connectivity index (χ4n) is 2.43. The molecule has 1 atom stereocenters. The second-order valence-corrected chi connectivity index (χ2v) is 7.17. The van der Waals surface area contributed by atoms with Gasteiger partial charge in [0.25, 0.3) is 0 Å². The summed E-state index contributed by atoms with van der Waals surface area (Å²) in [5.74, 6) is 0. The number of hydrogen-bond acceptors (Lipinski definition) is 1. The highest BCUT2D eigenvalue weighted by Crippen LogP contribution is 2.38. The van der Waals surface area contributed by atoms with Gasteiger partial charge in [-0.05, 0) is 62.8 Å². The van der Waals surface area contributed by atoms with Gasteiger partial charge in [0.05, 0.1) is 5.38 Å². The molecule has 0 aliphatic heterocycles. The highest BCUT2D eigenvalue weighted by molar-refractivity contribution is 9.10. The average Bonchev–Trinajstić information content (AvgIpc) is 2.87. The SMILES string of the molecule is Cc1ccccc1CC(Cl)c1csc2c(Br)cccc12. The van der Waals surface area contributed by atoms with Gasteiger partial charge in [-0.1, -0.05) is 36.4 Å². The van der Waals surface area contributed by atoms with Gasteiger partial charge < -0.3 is 0 Å². The normalized spacial score (nSPS) is 12.8. The quantitative estimate of drug-likeness (QED) is 0.465. The van der Waals surface area contributed by atoms with Crippen molar-refractivity contribution in [3.05, 3.63) is 69.0 Å². The summed E-state index contributed by atoms with van der Waals surface area (Å²) >= 11 is 12.0. The van der Waals surface area contributed by atoms with Crippen molar-refractivity contribution in [1.82, 2.24) is 0 Å². The van der Waals surface area contributed by atoms with Crippen LogP contribution < -0.4 is 0 Å². The second kappa shape index (κ2) is 5.88. The molecule has 0 bridgehead atoms. The summed E-state index contributed by atoms with van der Waals surface area (Å²) in [5.41, 5.74) is 3.86. The first-order valence-electron chi connectivity index (χ1n) is 6.51. The number of halogens is 2. The highest BCUT2D eigenvalue weighted by atomic mass is 79.9. The van der Waals surface area contributed by atoms with Crippen LogP contribution in [0.2, 0.25) is 0 Å². The Morgan fingerprint density at radius 2 is 1.95 bits per heavy atom. The third-order valence-corrected chi connectivity index (χ3v) is 5.94. The van der Waals surface area contributed by atoms with Crippen LogP contribution >= 0.6 is 38.9 Å². The Labute approximate surface area is 136 Å². The number of thiophene rings is 1. The lowest BCUT2D eigenvalue weighted by atomic mass is 10.00. The van der Waals surface area contributed by atoms with Crippen molar-refractivity contribution in [2.24, 2.45) is 0 Å². The molecule has 1 aromatic heterocycles. The lowest BCUT2D eigenvalue weighted by Gasteiger charge is -2.11. The molecule has 3 rings (SSSR count). The van der Waals surface area contributed by atoms with Gasteiger partial charge in [0.2, 0.25) is 0 Å². The second-order valence-electron chi connectivity index (χ2n) is 4.91. The van der Waals surface area contributed by atoms with E-state index in [0.717, 1.165) is 10.9 Å². The molecular weight excluding hydrogens is 352 g/mol. The Morgan fingerprint density at radius 1 is 1.15 bits per heavy atom. The largest absolute Gasteiger partial charge is 0.142 e. The van der Waals surface area contributed by atoms with E-state index in [1.165, 1.54) is 26.8 Å². The predicted molar refractivity (Wildman–Crippen MR) is 93.0 cm³/mol. The molecule has 0 N–H and O–H groups in total. The molecule has 0 fully saturated rings. The van der Waals surface area contributed by atoms with Crippen LogP contribution in [-0.4, -0.2) is 0 Å². The van der Waals surface area contributed by atoms with E-state index in [0.29, 0.717) is 0 Å². The molecule has 102 valence electrons. The summed E-state index contributed by atoms with van der Waals surface area (Å²) in [7, 11) is 0. The van der Waals surface area contributed by atoms with E-state index in [9.17, 15) is 0 Å². The number of alkyl halides is 1. The number of fused-ring (bicyclic) bond motifs is 1. The monoisotopic (exact) mass is 364 g/mol. The van der Waals surface area contributed by atoms with E-state index in [-0.39, 0.29) is 5.38 Å². The first-order chi connectivity index (χ1) is 9.66. The summed E-state index contributed by atoms with van der Waals surface area (Å²) in [6.45, 7) is 2.14. The van der Waals surface area contributed by atoms with Crippen LogP contribution in [0.25, 0.3) is 10.1 Å². The fourth-order valence-corrected chi connectivity index (χ4v) is 4.52. The zero-order chi connectivity index (χ0) is 14.1. The molecule has 0 saturated carbocycles. The van der Waals surface area contributed by atoms with Gasteiger partial charge >= 0.3 is 0 Å². The third kappa shape index (κ3) is 2.65.